The van der Waals surface area contributed by atoms with Crippen molar-refractivity contribution >= 4 is 5.91 Å². The first-order valence-corrected chi connectivity index (χ1v) is 8.29. The first-order chi connectivity index (χ1) is 11.6. The van der Waals surface area contributed by atoms with E-state index < -0.39 is 0 Å². The SMILES string of the molecule is CC1CCN(C(=O)c2ccc(C#Cc3ccccc3F)cc2)CC1. The molecule has 2 aromatic rings. The molecule has 122 valence electrons. The number of piperidine rings is 1. The lowest BCUT2D eigenvalue weighted by Crippen LogP contribution is -2.37. The molecule has 3 rings (SSSR count). The summed E-state index contributed by atoms with van der Waals surface area (Å²) >= 11 is 0. The van der Waals surface area contributed by atoms with E-state index in [9.17, 15) is 9.18 Å². The highest BCUT2D eigenvalue weighted by atomic mass is 19.1. The molecule has 1 aliphatic rings. The van der Waals surface area contributed by atoms with Crippen LogP contribution in [0, 0.1) is 23.6 Å². The van der Waals surface area contributed by atoms with Crippen molar-refractivity contribution in [2.24, 2.45) is 5.92 Å². The van der Waals surface area contributed by atoms with Crippen LogP contribution < -0.4 is 0 Å². The average molecular weight is 321 g/mol. The molecule has 0 N–H and O–H groups in total. The summed E-state index contributed by atoms with van der Waals surface area (Å²) < 4.78 is 13.5. The number of carbonyl (C=O) groups excluding carboxylic acids is 1. The van der Waals surface area contributed by atoms with Crippen LogP contribution in [0.15, 0.2) is 48.5 Å². The molecule has 1 heterocycles. The Hall–Kier alpha value is -2.60. The molecular formula is C21H20FNO. The van der Waals surface area contributed by atoms with E-state index in [0.717, 1.165) is 31.5 Å². The van der Waals surface area contributed by atoms with E-state index in [1.807, 2.05) is 17.0 Å². The van der Waals surface area contributed by atoms with Crippen molar-refractivity contribution in [3.05, 3.63) is 71.0 Å². The Morgan fingerprint density at radius 2 is 1.71 bits per heavy atom. The Balaban J connectivity index is 1.70. The second-order valence-electron chi connectivity index (χ2n) is 6.28. The fourth-order valence-corrected chi connectivity index (χ4v) is 2.79. The summed E-state index contributed by atoms with van der Waals surface area (Å²) in [5.74, 6) is 6.22. The van der Waals surface area contributed by atoms with Gasteiger partial charge >= 0.3 is 0 Å². The highest BCUT2D eigenvalue weighted by Crippen LogP contribution is 2.18. The number of likely N-dealkylation sites (tertiary alicyclic amines) is 1. The lowest BCUT2D eigenvalue weighted by Gasteiger charge is -2.30. The van der Waals surface area contributed by atoms with Gasteiger partial charge in [-0.25, -0.2) is 4.39 Å². The molecule has 0 saturated carbocycles. The van der Waals surface area contributed by atoms with Crippen LogP contribution in [0.3, 0.4) is 0 Å². The Labute approximate surface area is 142 Å². The fourth-order valence-electron chi connectivity index (χ4n) is 2.79. The molecule has 2 nitrogen and oxygen atoms in total. The van der Waals surface area contributed by atoms with E-state index in [1.165, 1.54) is 6.07 Å². The van der Waals surface area contributed by atoms with E-state index >= 15 is 0 Å². The van der Waals surface area contributed by atoms with Gasteiger partial charge < -0.3 is 4.90 Å². The van der Waals surface area contributed by atoms with Crippen molar-refractivity contribution in [3.8, 4) is 11.8 Å². The zero-order chi connectivity index (χ0) is 16.9. The summed E-state index contributed by atoms with van der Waals surface area (Å²) in [4.78, 5) is 14.4. The molecule has 0 atom stereocenters. The Morgan fingerprint density at radius 3 is 2.38 bits per heavy atom. The quantitative estimate of drug-likeness (QED) is 0.724. The summed E-state index contributed by atoms with van der Waals surface area (Å²) in [6, 6.07) is 13.7. The smallest absolute Gasteiger partial charge is 0.253 e. The van der Waals surface area contributed by atoms with E-state index in [2.05, 4.69) is 18.8 Å². The molecule has 2 aromatic carbocycles. The normalized spacial score (nSPS) is 14.8. The van der Waals surface area contributed by atoms with Gasteiger partial charge in [-0.2, -0.15) is 0 Å². The lowest BCUT2D eigenvalue weighted by molar-refractivity contribution is 0.0697. The molecule has 1 fully saturated rings. The minimum Gasteiger partial charge on any atom is -0.339 e. The summed E-state index contributed by atoms with van der Waals surface area (Å²) in [6.07, 6.45) is 2.13. The number of carbonyl (C=O) groups is 1. The highest BCUT2D eigenvalue weighted by molar-refractivity contribution is 5.94. The van der Waals surface area contributed by atoms with Crippen molar-refractivity contribution in [1.82, 2.24) is 4.90 Å². The number of nitrogens with zero attached hydrogens (tertiary/aromatic N) is 1. The zero-order valence-electron chi connectivity index (χ0n) is 13.8. The summed E-state index contributed by atoms with van der Waals surface area (Å²) in [5, 5.41) is 0. The van der Waals surface area contributed by atoms with Crippen LogP contribution in [0.1, 0.15) is 41.3 Å². The summed E-state index contributed by atoms with van der Waals surface area (Å²) in [5.41, 5.74) is 1.82. The average Bonchev–Trinajstić information content (AvgIpc) is 2.62. The number of rotatable bonds is 1. The topological polar surface area (TPSA) is 20.3 Å². The van der Waals surface area contributed by atoms with Gasteiger partial charge in [-0.3, -0.25) is 4.79 Å². The third-order valence-corrected chi connectivity index (χ3v) is 4.42. The number of amides is 1. The van der Waals surface area contributed by atoms with Crippen molar-refractivity contribution in [2.45, 2.75) is 19.8 Å². The van der Waals surface area contributed by atoms with Gasteiger partial charge in [0.05, 0.1) is 5.56 Å². The zero-order valence-corrected chi connectivity index (χ0v) is 13.8. The molecule has 0 spiro atoms. The molecule has 24 heavy (non-hydrogen) atoms. The van der Waals surface area contributed by atoms with Gasteiger partial charge in [0.15, 0.2) is 0 Å². The van der Waals surface area contributed by atoms with Gasteiger partial charge in [0.25, 0.3) is 5.91 Å². The van der Waals surface area contributed by atoms with Gasteiger partial charge in [-0.1, -0.05) is 30.9 Å². The molecule has 0 aromatic heterocycles. The molecule has 1 saturated heterocycles. The Bertz CT molecular complexity index is 777. The monoisotopic (exact) mass is 321 g/mol. The standard InChI is InChI=1S/C21H20FNO/c1-16-12-14-23(15-13-16)21(24)19-10-7-17(8-11-19)6-9-18-4-2-3-5-20(18)22/h2-5,7-8,10-11,16H,12-15H2,1H3. The number of hydrogen-bond donors (Lipinski definition) is 0. The predicted octanol–water partition coefficient (Wildman–Crippen LogP) is 4.10. The first-order valence-electron chi connectivity index (χ1n) is 8.29. The van der Waals surface area contributed by atoms with Crippen molar-refractivity contribution in [3.63, 3.8) is 0 Å². The van der Waals surface area contributed by atoms with Crippen molar-refractivity contribution in [2.75, 3.05) is 13.1 Å². The van der Waals surface area contributed by atoms with Crippen LogP contribution in [0.5, 0.6) is 0 Å². The van der Waals surface area contributed by atoms with Crippen LogP contribution in [-0.2, 0) is 0 Å². The number of halogens is 1. The molecule has 0 radical (unpaired) electrons. The van der Waals surface area contributed by atoms with E-state index in [4.69, 9.17) is 0 Å². The van der Waals surface area contributed by atoms with Gasteiger partial charge in [0, 0.05) is 24.2 Å². The van der Waals surface area contributed by atoms with E-state index in [1.54, 1.807) is 30.3 Å². The van der Waals surface area contributed by atoms with Gasteiger partial charge in [0.2, 0.25) is 0 Å². The molecule has 0 bridgehead atoms. The minimum atomic E-state index is -0.323. The summed E-state index contributed by atoms with van der Waals surface area (Å²) in [6.45, 7) is 3.88. The second kappa shape index (κ2) is 7.31. The second-order valence-corrected chi connectivity index (χ2v) is 6.28. The molecular weight excluding hydrogens is 301 g/mol. The number of benzene rings is 2. The molecule has 0 aliphatic carbocycles. The fraction of sp³-hybridized carbons (Fsp3) is 0.286. The van der Waals surface area contributed by atoms with E-state index in [0.29, 0.717) is 17.0 Å². The molecule has 0 unspecified atom stereocenters. The minimum absolute atomic E-state index is 0.0792. The predicted molar refractivity (Wildman–Crippen MR) is 93.1 cm³/mol. The molecule has 3 heteroatoms. The Morgan fingerprint density at radius 1 is 1.04 bits per heavy atom. The first kappa shape index (κ1) is 16.3. The molecule has 1 amide bonds. The lowest BCUT2D eigenvalue weighted by atomic mass is 9.98. The maximum Gasteiger partial charge on any atom is 0.253 e. The van der Waals surface area contributed by atoms with Crippen LogP contribution >= 0.6 is 0 Å². The van der Waals surface area contributed by atoms with E-state index in [-0.39, 0.29) is 11.7 Å². The third-order valence-electron chi connectivity index (χ3n) is 4.42. The maximum atomic E-state index is 13.5. The third kappa shape index (κ3) is 3.83. The Kier molecular flexibility index (Phi) is 4.96. The van der Waals surface area contributed by atoms with Crippen LogP contribution in [0.2, 0.25) is 0 Å². The molecule has 1 aliphatic heterocycles. The van der Waals surface area contributed by atoms with Gasteiger partial charge in [0.1, 0.15) is 5.82 Å². The van der Waals surface area contributed by atoms with Crippen LogP contribution in [0.25, 0.3) is 0 Å². The summed E-state index contributed by atoms with van der Waals surface area (Å²) in [7, 11) is 0. The van der Waals surface area contributed by atoms with Crippen LogP contribution in [0.4, 0.5) is 4.39 Å². The maximum absolute atomic E-state index is 13.5. The van der Waals surface area contributed by atoms with Crippen molar-refractivity contribution < 1.29 is 9.18 Å². The highest BCUT2D eigenvalue weighted by Gasteiger charge is 2.21. The van der Waals surface area contributed by atoms with Crippen LogP contribution in [-0.4, -0.2) is 23.9 Å². The number of hydrogen-bond acceptors (Lipinski definition) is 1. The van der Waals surface area contributed by atoms with Crippen molar-refractivity contribution in [1.29, 1.82) is 0 Å². The largest absolute Gasteiger partial charge is 0.339 e. The van der Waals surface area contributed by atoms with Gasteiger partial charge in [-0.15, -0.1) is 0 Å². The van der Waals surface area contributed by atoms with Gasteiger partial charge in [-0.05, 0) is 55.2 Å².